The van der Waals surface area contributed by atoms with Crippen molar-refractivity contribution in [2.45, 2.75) is 17.6 Å². The highest BCUT2D eigenvalue weighted by molar-refractivity contribution is 9.10. The van der Waals surface area contributed by atoms with Crippen molar-refractivity contribution in [2.24, 2.45) is 0 Å². The van der Waals surface area contributed by atoms with E-state index in [1.54, 1.807) is 44.6 Å². The van der Waals surface area contributed by atoms with Crippen LogP contribution in [0, 0.1) is 0 Å². The van der Waals surface area contributed by atoms with Gasteiger partial charge in [0, 0.05) is 16.6 Å². The third-order valence-electron chi connectivity index (χ3n) is 5.03. The minimum Gasteiger partial charge on any atom is -0.493 e. The fraction of sp³-hybridized carbons (Fsp3) is 0.182. The Labute approximate surface area is 184 Å². The van der Waals surface area contributed by atoms with Crippen LogP contribution in [-0.2, 0) is 16.6 Å². The lowest BCUT2D eigenvalue weighted by Gasteiger charge is -2.38. The van der Waals surface area contributed by atoms with Crippen LogP contribution >= 0.6 is 15.9 Å². The normalized spacial score (nSPS) is 17.6. The number of hydrogen-bond acceptors (Lipinski definition) is 5. The van der Waals surface area contributed by atoms with E-state index < -0.39 is 16.2 Å². The maximum Gasteiger partial charge on any atom is 0.247 e. The summed E-state index contributed by atoms with van der Waals surface area (Å²) in [4.78, 5) is 0.258. The molecule has 156 valence electrons. The summed E-state index contributed by atoms with van der Waals surface area (Å²) in [5, 5.41) is 3.39. The molecule has 1 aliphatic heterocycles. The van der Waals surface area contributed by atoms with Crippen LogP contribution in [0.4, 0.5) is 5.69 Å². The van der Waals surface area contributed by atoms with E-state index >= 15 is 0 Å². The van der Waals surface area contributed by atoms with E-state index in [9.17, 15) is 8.42 Å². The number of para-hydroxylation sites is 1. The van der Waals surface area contributed by atoms with E-state index in [1.807, 2.05) is 36.4 Å². The highest BCUT2D eigenvalue weighted by Crippen LogP contribution is 2.43. The number of halogens is 1. The van der Waals surface area contributed by atoms with Crippen LogP contribution in [0.2, 0.25) is 0 Å². The first kappa shape index (κ1) is 20.7. The molecule has 1 heterocycles. The highest BCUT2D eigenvalue weighted by Gasteiger charge is 2.40. The molecule has 0 bridgehead atoms. The van der Waals surface area contributed by atoms with Crippen LogP contribution in [0.25, 0.3) is 0 Å². The molecule has 4 rings (SSSR count). The highest BCUT2D eigenvalue weighted by atomic mass is 79.9. The second-order valence-electron chi connectivity index (χ2n) is 6.81. The van der Waals surface area contributed by atoms with Crippen molar-refractivity contribution in [3.05, 3.63) is 82.3 Å². The Hall–Kier alpha value is -2.55. The van der Waals surface area contributed by atoms with Gasteiger partial charge in [0.15, 0.2) is 11.5 Å². The minimum atomic E-state index is -3.75. The number of methoxy groups -OCH3 is 2. The van der Waals surface area contributed by atoms with Crippen LogP contribution in [0.5, 0.6) is 11.5 Å². The van der Waals surface area contributed by atoms with E-state index in [0.29, 0.717) is 21.7 Å². The number of ether oxygens (including phenoxy) is 2. The van der Waals surface area contributed by atoms with E-state index in [2.05, 4.69) is 21.2 Å². The van der Waals surface area contributed by atoms with Gasteiger partial charge in [-0.05, 0) is 29.8 Å². The Morgan fingerprint density at radius 3 is 2.30 bits per heavy atom. The van der Waals surface area contributed by atoms with Gasteiger partial charge in [0.05, 0.1) is 19.9 Å². The molecule has 1 N–H and O–H groups in total. The number of sulfonamides is 1. The third-order valence-corrected chi connectivity index (χ3v) is 7.59. The average Bonchev–Trinajstić information content (AvgIpc) is 2.76. The molecule has 30 heavy (non-hydrogen) atoms. The molecule has 0 saturated carbocycles. The van der Waals surface area contributed by atoms with Crippen molar-refractivity contribution in [3.63, 3.8) is 0 Å². The third kappa shape index (κ3) is 3.66. The van der Waals surface area contributed by atoms with Crippen molar-refractivity contribution in [1.82, 2.24) is 4.31 Å². The van der Waals surface area contributed by atoms with Gasteiger partial charge in [-0.1, -0.05) is 58.4 Å². The zero-order valence-corrected chi connectivity index (χ0v) is 18.9. The van der Waals surface area contributed by atoms with Gasteiger partial charge in [0.1, 0.15) is 11.1 Å². The monoisotopic (exact) mass is 488 g/mol. The Morgan fingerprint density at radius 2 is 1.60 bits per heavy atom. The number of rotatable bonds is 5. The lowest BCUT2D eigenvalue weighted by atomic mass is 10.1. The second-order valence-corrected chi connectivity index (χ2v) is 9.52. The molecule has 0 aromatic heterocycles. The van der Waals surface area contributed by atoms with Gasteiger partial charge in [-0.25, -0.2) is 8.42 Å². The molecule has 6 nitrogen and oxygen atoms in total. The molecule has 0 aliphatic carbocycles. The summed E-state index contributed by atoms with van der Waals surface area (Å²) in [6.07, 6.45) is -0.640. The molecule has 0 spiro atoms. The lowest BCUT2D eigenvalue weighted by molar-refractivity contribution is 0.329. The molecule has 8 heteroatoms. The fourth-order valence-corrected chi connectivity index (χ4v) is 5.76. The SMILES string of the molecule is COc1cc(Br)c([C@@H]2Nc3ccccc3S(=O)(=O)N2Cc2ccccc2)cc1OC. The van der Waals surface area contributed by atoms with Gasteiger partial charge in [0.25, 0.3) is 0 Å². The molecule has 0 radical (unpaired) electrons. The summed E-state index contributed by atoms with van der Waals surface area (Å²) in [6.45, 7) is 0.218. The molecule has 3 aromatic carbocycles. The minimum absolute atomic E-state index is 0.218. The molecule has 0 amide bonds. The quantitative estimate of drug-likeness (QED) is 0.559. The summed E-state index contributed by atoms with van der Waals surface area (Å²) in [7, 11) is -0.639. The van der Waals surface area contributed by atoms with Crippen molar-refractivity contribution < 1.29 is 17.9 Å². The molecule has 0 unspecified atom stereocenters. The maximum absolute atomic E-state index is 13.6. The van der Waals surface area contributed by atoms with Gasteiger partial charge in [0.2, 0.25) is 10.0 Å². The summed E-state index contributed by atoms with van der Waals surface area (Å²) < 4.78 is 40.2. The topological polar surface area (TPSA) is 67.9 Å². The summed E-state index contributed by atoms with van der Waals surface area (Å²) in [5.41, 5.74) is 2.18. The van der Waals surface area contributed by atoms with Crippen molar-refractivity contribution in [1.29, 1.82) is 0 Å². The lowest BCUT2D eigenvalue weighted by Crippen LogP contribution is -2.42. The smallest absolute Gasteiger partial charge is 0.247 e. The number of benzene rings is 3. The van der Waals surface area contributed by atoms with Gasteiger partial charge >= 0.3 is 0 Å². The number of nitrogens with one attached hydrogen (secondary N) is 1. The predicted octanol–water partition coefficient (Wildman–Crippen LogP) is 4.78. The molecular formula is C22H21BrN2O4S. The van der Waals surface area contributed by atoms with Crippen LogP contribution in [0.1, 0.15) is 17.3 Å². The first-order valence-corrected chi connectivity index (χ1v) is 11.5. The number of fused-ring (bicyclic) bond motifs is 1. The van der Waals surface area contributed by atoms with E-state index in [-0.39, 0.29) is 11.4 Å². The van der Waals surface area contributed by atoms with E-state index in [4.69, 9.17) is 9.47 Å². The second kappa shape index (κ2) is 8.29. The van der Waals surface area contributed by atoms with Gasteiger partial charge in [-0.3, -0.25) is 0 Å². The molecule has 1 aliphatic rings. The maximum atomic E-state index is 13.6. The Bertz CT molecular complexity index is 1170. The first-order valence-electron chi connectivity index (χ1n) is 9.28. The average molecular weight is 489 g/mol. The summed E-state index contributed by atoms with van der Waals surface area (Å²) in [5.74, 6) is 1.08. The number of nitrogens with zero attached hydrogens (tertiary/aromatic N) is 1. The van der Waals surface area contributed by atoms with Gasteiger partial charge in [-0.15, -0.1) is 0 Å². The molecular weight excluding hydrogens is 468 g/mol. The zero-order valence-electron chi connectivity index (χ0n) is 16.5. The Balaban J connectivity index is 1.88. The van der Waals surface area contributed by atoms with Gasteiger partial charge in [-0.2, -0.15) is 4.31 Å². The number of hydrogen-bond donors (Lipinski definition) is 1. The van der Waals surface area contributed by atoms with Crippen LogP contribution in [0.3, 0.4) is 0 Å². The van der Waals surface area contributed by atoms with Gasteiger partial charge < -0.3 is 14.8 Å². The predicted molar refractivity (Wildman–Crippen MR) is 119 cm³/mol. The first-order chi connectivity index (χ1) is 14.5. The molecule has 0 fully saturated rings. The van der Waals surface area contributed by atoms with Crippen molar-refractivity contribution >= 4 is 31.6 Å². The molecule has 3 aromatic rings. The summed E-state index contributed by atoms with van der Waals surface area (Å²) >= 11 is 3.58. The zero-order chi connectivity index (χ0) is 21.3. The van der Waals surface area contributed by atoms with Crippen LogP contribution in [-0.4, -0.2) is 26.9 Å². The van der Waals surface area contributed by atoms with Crippen molar-refractivity contribution in [3.8, 4) is 11.5 Å². The van der Waals surface area contributed by atoms with Crippen molar-refractivity contribution in [2.75, 3.05) is 19.5 Å². The largest absolute Gasteiger partial charge is 0.493 e. The van der Waals surface area contributed by atoms with E-state index in [0.717, 1.165) is 11.1 Å². The fourth-order valence-electron chi connectivity index (χ4n) is 3.55. The summed E-state index contributed by atoms with van der Waals surface area (Å²) in [6, 6.07) is 20.0. The van der Waals surface area contributed by atoms with Crippen LogP contribution in [0.15, 0.2) is 76.1 Å². The molecule has 0 saturated heterocycles. The Morgan fingerprint density at radius 1 is 0.967 bits per heavy atom. The Kier molecular flexibility index (Phi) is 5.73. The standard InChI is InChI=1S/C22H21BrN2O4S/c1-28-19-12-16(17(23)13-20(19)29-2)22-24-18-10-6-7-11-21(18)30(26,27)25(22)14-15-8-4-3-5-9-15/h3-13,22,24H,14H2,1-2H3/t22-/m1/s1. The molecule has 1 atom stereocenters. The van der Waals surface area contributed by atoms with E-state index in [1.165, 1.54) is 4.31 Å². The number of anilines is 1. The van der Waals surface area contributed by atoms with Crippen LogP contribution < -0.4 is 14.8 Å².